The van der Waals surface area contributed by atoms with Crippen LogP contribution in [0.25, 0.3) is 0 Å². The minimum Gasteiger partial charge on any atom is -0.460 e. The molecule has 0 rings (SSSR count). The van der Waals surface area contributed by atoms with E-state index in [4.69, 9.17) is 16.2 Å². The van der Waals surface area contributed by atoms with Crippen molar-refractivity contribution in [1.29, 1.82) is 0 Å². The molecule has 0 aromatic heterocycles. The molecule has 9 nitrogen and oxygen atoms in total. The molecule has 0 aromatic rings. The normalized spacial score (nSPS) is 14.9. The van der Waals surface area contributed by atoms with Gasteiger partial charge in [-0.3, -0.25) is 19.2 Å². The van der Waals surface area contributed by atoms with Crippen LogP contribution in [-0.2, 0) is 23.9 Å². The molecule has 162 valence electrons. The molecule has 3 amide bonds. The lowest BCUT2D eigenvalue weighted by molar-refractivity contribution is -0.155. The van der Waals surface area contributed by atoms with Crippen LogP contribution < -0.4 is 22.1 Å². The maximum atomic E-state index is 12.5. The number of rotatable bonds is 10. The van der Waals surface area contributed by atoms with Crippen LogP contribution in [0.15, 0.2) is 0 Å². The monoisotopic (exact) mass is 400 g/mol. The Balaban J connectivity index is 4.86. The van der Waals surface area contributed by atoms with Gasteiger partial charge in [0.05, 0.1) is 6.04 Å². The predicted octanol–water partition coefficient (Wildman–Crippen LogP) is 0.203. The molecular formula is C19H36N4O5. The number of amides is 3. The zero-order valence-corrected chi connectivity index (χ0v) is 18.0. The molecule has 6 N–H and O–H groups in total. The van der Waals surface area contributed by atoms with Crippen molar-refractivity contribution < 1.29 is 23.9 Å². The second-order valence-electron chi connectivity index (χ2n) is 8.59. The summed E-state index contributed by atoms with van der Waals surface area (Å²) in [6.45, 7) is 12.3. The predicted molar refractivity (Wildman–Crippen MR) is 106 cm³/mol. The smallest absolute Gasteiger partial charge is 0.306 e. The Kier molecular flexibility index (Phi) is 10.1. The lowest BCUT2D eigenvalue weighted by Crippen LogP contribution is -2.58. The van der Waals surface area contributed by atoms with E-state index in [1.165, 1.54) is 0 Å². The summed E-state index contributed by atoms with van der Waals surface area (Å²) in [4.78, 5) is 48.1. The molecule has 0 saturated carbocycles. The number of nitrogens with one attached hydrogen (secondary N) is 2. The Bertz CT molecular complexity index is 569. The van der Waals surface area contributed by atoms with Gasteiger partial charge in [-0.05, 0) is 39.0 Å². The van der Waals surface area contributed by atoms with Crippen molar-refractivity contribution in [2.24, 2.45) is 23.3 Å². The third kappa shape index (κ3) is 9.68. The molecule has 0 heterocycles. The van der Waals surface area contributed by atoms with Crippen LogP contribution in [-0.4, -0.2) is 47.4 Å². The second-order valence-corrected chi connectivity index (χ2v) is 8.59. The molecule has 0 aliphatic carbocycles. The molecule has 0 radical (unpaired) electrons. The molecule has 0 aliphatic heterocycles. The van der Waals surface area contributed by atoms with E-state index in [-0.39, 0.29) is 24.7 Å². The number of carbonyl (C=O) groups excluding carboxylic acids is 4. The molecule has 0 aromatic carbocycles. The van der Waals surface area contributed by atoms with E-state index < -0.39 is 47.4 Å². The average molecular weight is 401 g/mol. The summed E-state index contributed by atoms with van der Waals surface area (Å²) in [6, 6.07) is -2.70. The van der Waals surface area contributed by atoms with Crippen LogP contribution in [0, 0.1) is 11.8 Å². The highest BCUT2D eigenvalue weighted by Gasteiger charge is 2.30. The first-order chi connectivity index (χ1) is 12.7. The standard InChI is InChI=1S/C19H36N4O5/c1-10(2)14(16(21)25)22-18(27)15(11(3)4)23-17(26)12(20)8-9-13(24)28-19(5,6)7/h10-12,14-15H,8-9,20H2,1-7H3,(H2,21,25)(H,22,27)(H,23,26)/t12-,14-,15-/m0/s1. The molecular weight excluding hydrogens is 364 g/mol. The quantitative estimate of drug-likeness (QED) is 0.384. The number of ether oxygens (including phenoxy) is 1. The summed E-state index contributed by atoms with van der Waals surface area (Å²) in [5.41, 5.74) is 10.6. The van der Waals surface area contributed by atoms with Crippen molar-refractivity contribution in [3.8, 4) is 0 Å². The lowest BCUT2D eigenvalue weighted by Gasteiger charge is -2.27. The van der Waals surface area contributed by atoms with E-state index in [0.29, 0.717) is 0 Å². The Morgan fingerprint density at radius 1 is 0.893 bits per heavy atom. The SMILES string of the molecule is CC(C)[C@H](NC(=O)[C@@H](NC(=O)[C@@H](N)CCC(=O)OC(C)(C)C)C(C)C)C(N)=O. The maximum Gasteiger partial charge on any atom is 0.306 e. The lowest BCUT2D eigenvalue weighted by atomic mass is 9.99. The van der Waals surface area contributed by atoms with Gasteiger partial charge in [0.2, 0.25) is 17.7 Å². The fourth-order valence-electron chi connectivity index (χ4n) is 2.40. The van der Waals surface area contributed by atoms with E-state index in [1.54, 1.807) is 48.5 Å². The molecule has 3 atom stereocenters. The molecule has 0 saturated heterocycles. The van der Waals surface area contributed by atoms with Gasteiger partial charge in [0.15, 0.2) is 0 Å². The fraction of sp³-hybridized carbons (Fsp3) is 0.789. The molecule has 0 fully saturated rings. The summed E-state index contributed by atoms with van der Waals surface area (Å²) in [6.07, 6.45) is 0.0740. The highest BCUT2D eigenvalue weighted by atomic mass is 16.6. The first-order valence-electron chi connectivity index (χ1n) is 9.53. The number of carbonyl (C=O) groups is 4. The van der Waals surface area contributed by atoms with Gasteiger partial charge in [-0.25, -0.2) is 0 Å². The molecule has 0 spiro atoms. The fourth-order valence-corrected chi connectivity index (χ4v) is 2.40. The van der Waals surface area contributed by atoms with Gasteiger partial charge in [-0.2, -0.15) is 0 Å². The van der Waals surface area contributed by atoms with Crippen molar-refractivity contribution in [3.63, 3.8) is 0 Å². The van der Waals surface area contributed by atoms with Gasteiger partial charge < -0.3 is 26.8 Å². The largest absolute Gasteiger partial charge is 0.460 e. The van der Waals surface area contributed by atoms with Crippen LogP contribution >= 0.6 is 0 Å². The van der Waals surface area contributed by atoms with Crippen molar-refractivity contribution >= 4 is 23.7 Å². The van der Waals surface area contributed by atoms with Crippen molar-refractivity contribution in [3.05, 3.63) is 0 Å². The summed E-state index contributed by atoms with van der Waals surface area (Å²) < 4.78 is 5.18. The van der Waals surface area contributed by atoms with Crippen molar-refractivity contribution in [2.75, 3.05) is 0 Å². The number of primary amides is 1. The summed E-state index contributed by atoms with van der Waals surface area (Å²) in [7, 11) is 0. The Morgan fingerprint density at radius 3 is 1.75 bits per heavy atom. The topological polar surface area (TPSA) is 154 Å². The Morgan fingerprint density at radius 2 is 1.36 bits per heavy atom. The number of esters is 1. The minimum absolute atomic E-state index is 0.0124. The van der Waals surface area contributed by atoms with Gasteiger partial charge in [0.25, 0.3) is 0 Å². The van der Waals surface area contributed by atoms with Gasteiger partial charge in [-0.1, -0.05) is 27.7 Å². The number of nitrogens with two attached hydrogens (primary N) is 2. The van der Waals surface area contributed by atoms with E-state index in [2.05, 4.69) is 10.6 Å². The van der Waals surface area contributed by atoms with Gasteiger partial charge in [-0.15, -0.1) is 0 Å². The Labute approximate surface area is 167 Å². The highest BCUT2D eigenvalue weighted by molar-refractivity contribution is 5.93. The summed E-state index contributed by atoms with van der Waals surface area (Å²) >= 11 is 0. The minimum atomic E-state index is -0.974. The van der Waals surface area contributed by atoms with E-state index in [0.717, 1.165) is 0 Å². The van der Waals surface area contributed by atoms with Crippen molar-refractivity contribution in [2.45, 2.75) is 85.0 Å². The van der Waals surface area contributed by atoms with Crippen LogP contribution in [0.2, 0.25) is 0 Å². The van der Waals surface area contributed by atoms with E-state index in [9.17, 15) is 19.2 Å². The van der Waals surface area contributed by atoms with Crippen LogP contribution in [0.1, 0.15) is 61.3 Å². The van der Waals surface area contributed by atoms with E-state index >= 15 is 0 Å². The number of hydrogen-bond acceptors (Lipinski definition) is 6. The summed E-state index contributed by atoms with van der Waals surface area (Å²) in [5, 5.41) is 5.17. The average Bonchev–Trinajstić information content (AvgIpc) is 2.52. The third-order valence-electron chi connectivity index (χ3n) is 3.93. The molecule has 28 heavy (non-hydrogen) atoms. The Hall–Kier alpha value is -2.16. The van der Waals surface area contributed by atoms with E-state index in [1.807, 2.05) is 0 Å². The number of hydrogen-bond donors (Lipinski definition) is 4. The van der Waals surface area contributed by atoms with Crippen LogP contribution in [0.5, 0.6) is 0 Å². The molecule has 9 heteroatoms. The van der Waals surface area contributed by atoms with Crippen molar-refractivity contribution in [1.82, 2.24) is 10.6 Å². The second kappa shape index (κ2) is 11.0. The first kappa shape index (κ1) is 25.8. The van der Waals surface area contributed by atoms with Gasteiger partial charge >= 0.3 is 5.97 Å². The summed E-state index contributed by atoms with van der Waals surface area (Å²) in [5.74, 6) is -2.61. The van der Waals surface area contributed by atoms with Crippen LogP contribution in [0.3, 0.4) is 0 Å². The third-order valence-corrected chi connectivity index (χ3v) is 3.93. The molecule has 0 aliphatic rings. The maximum absolute atomic E-state index is 12.5. The van der Waals surface area contributed by atoms with Gasteiger partial charge in [0, 0.05) is 6.42 Å². The molecule has 0 unspecified atom stereocenters. The first-order valence-corrected chi connectivity index (χ1v) is 9.53. The van der Waals surface area contributed by atoms with Gasteiger partial charge in [0.1, 0.15) is 17.7 Å². The zero-order valence-electron chi connectivity index (χ0n) is 18.0. The van der Waals surface area contributed by atoms with Crippen LogP contribution in [0.4, 0.5) is 0 Å². The highest BCUT2D eigenvalue weighted by Crippen LogP contribution is 2.10. The molecule has 0 bridgehead atoms. The zero-order chi connectivity index (χ0) is 22.2.